The number of aliphatic hydroxyl groups excluding tert-OH is 3. The van der Waals surface area contributed by atoms with E-state index in [0.29, 0.717) is 0 Å². The second-order valence-electron chi connectivity index (χ2n) is 9.37. The van der Waals surface area contributed by atoms with E-state index < -0.39 is 47.1 Å². The zero-order valence-electron chi connectivity index (χ0n) is 18.0. The van der Waals surface area contributed by atoms with Crippen LogP contribution in [0.2, 0.25) is 0 Å². The van der Waals surface area contributed by atoms with Gasteiger partial charge in [-0.05, 0) is 54.4 Å². The van der Waals surface area contributed by atoms with Crippen molar-refractivity contribution in [1.82, 2.24) is 4.90 Å². The summed E-state index contributed by atoms with van der Waals surface area (Å²) in [6.07, 6.45) is -0.661. The molecule has 1 fully saturated rings. The van der Waals surface area contributed by atoms with Gasteiger partial charge < -0.3 is 24.8 Å². The summed E-state index contributed by atoms with van der Waals surface area (Å²) in [5.74, 6) is -2.63. The Bertz CT molecular complexity index is 518. The third-order valence-electron chi connectivity index (χ3n) is 4.58. The number of ether oxygens (including phenoxy) is 2. The lowest BCUT2D eigenvalue weighted by Crippen LogP contribution is -2.55. The number of nitrogens with zero attached hydrogens (tertiary/aromatic N) is 1. The molecule has 4 unspecified atom stereocenters. The van der Waals surface area contributed by atoms with Crippen molar-refractivity contribution in [1.29, 1.82) is 0 Å². The Morgan fingerprint density at radius 3 is 1.61 bits per heavy atom. The van der Waals surface area contributed by atoms with E-state index in [9.17, 15) is 24.9 Å². The largest absolute Gasteiger partial charge is 0.460 e. The zero-order valence-corrected chi connectivity index (χ0v) is 18.0. The summed E-state index contributed by atoms with van der Waals surface area (Å²) in [7, 11) is 0. The molecule has 1 aliphatic rings. The van der Waals surface area contributed by atoms with E-state index in [2.05, 4.69) is 0 Å². The summed E-state index contributed by atoms with van der Waals surface area (Å²) in [5, 5.41) is 29.3. The van der Waals surface area contributed by atoms with Crippen LogP contribution in [0.15, 0.2) is 0 Å². The Balaban J connectivity index is 3.12. The van der Waals surface area contributed by atoms with Crippen LogP contribution in [0.4, 0.5) is 0 Å². The summed E-state index contributed by atoms with van der Waals surface area (Å²) in [4.78, 5) is 27.3. The first-order valence-corrected chi connectivity index (χ1v) is 9.88. The maximum atomic E-state index is 12.9. The molecule has 0 aliphatic heterocycles. The molecule has 0 aromatic rings. The van der Waals surface area contributed by atoms with Gasteiger partial charge in [0.05, 0.1) is 31.2 Å². The van der Waals surface area contributed by atoms with Crippen molar-refractivity contribution in [3.05, 3.63) is 0 Å². The molecule has 1 rings (SSSR count). The number of esters is 2. The van der Waals surface area contributed by atoms with Crippen molar-refractivity contribution in [2.24, 2.45) is 11.8 Å². The Labute approximate surface area is 167 Å². The fourth-order valence-electron chi connectivity index (χ4n) is 3.53. The molecule has 28 heavy (non-hydrogen) atoms. The quantitative estimate of drug-likeness (QED) is 0.532. The van der Waals surface area contributed by atoms with Crippen molar-refractivity contribution < 1.29 is 34.4 Å². The van der Waals surface area contributed by atoms with Crippen LogP contribution in [-0.2, 0) is 19.1 Å². The van der Waals surface area contributed by atoms with Gasteiger partial charge in [-0.3, -0.25) is 14.5 Å². The topological polar surface area (TPSA) is 117 Å². The van der Waals surface area contributed by atoms with Gasteiger partial charge in [0.15, 0.2) is 0 Å². The van der Waals surface area contributed by atoms with Gasteiger partial charge in [0.1, 0.15) is 11.2 Å². The van der Waals surface area contributed by atoms with Crippen LogP contribution >= 0.6 is 0 Å². The summed E-state index contributed by atoms with van der Waals surface area (Å²) in [6, 6.07) is -0.476. The highest BCUT2D eigenvalue weighted by molar-refractivity contribution is 5.83. The number of carbonyl (C=O) groups excluding carboxylic acids is 2. The number of aliphatic hydroxyl groups is 3. The summed E-state index contributed by atoms with van der Waals surface area (Å²) >= 11 is 0. The van der Waals surface area contributed by atoms with Crippen LogP contribution < -0.4 is 0 Å². The van der Waals surface area contributed by atoms with Gasteiger partial charge >= 0.3 is 11.9 Å². The van der Waals surface area contributed by atoms with Gasteiger partial charge in [-0.2, -0.15) is 0 Å². The average molecular weight is 404 g/mol. The fourth-order valence-corrected chi connectivity index (χ4v) is 3.53. The molecule has 1 aliphatic carbocycles. The normalized spacial score (nSPS) is 26.2. The molecular weight excluding hydrogens is 366 g/mol. The summed E-state index contributed by atoms with van der Waals surface area (Å²) in [5.41, 5.74) is -1.42. The standard InChI is InChI=1S/C20H37NO7/c1-19(2,3)27-17(25)13-11-15(21(7-9-22)8-10-23)16(24)12-14(13)18(26)28-20(4,5)6/h13-16,22-24H,7-12H2,1-6H3. The van der Waals surface area contributed by atoms with Crippen molar-refractivity contribution >= 4 is 11.9 Å². The molecule has 0 amide bonds. The van der Waals surface area contributed by atoms with E-state index in [1.807, 2.05) is 0 Å². The Kier molecular flexibility index (Phi) is 8.87. The fraction of sp³-hybridized carbons (Fsp3) is 0.900. The highest BCUT2D eigenvalue weighted by Gasteiger charge is 2.47. The molecule has 4 atom stereocenters. The Hall–Kier alpha value is -1.22. The van der Waals surface area contributed by atoms with E-state index in [0.717, 1.165) is 0 Å². The SMILES string of the molecule is CC(C)(C)OC(=O)C1CC(O)C(N(CCO)CCO)CC1C(=O)OC(C)(C)C. The zero-order chi connectivity index (χ0) is 21.7. The smallest absolute Gasteiger partial charge is 0.310 e. The van der Waals surface area contributed by atoms with Gasteiger partial charge in [0, 0.05) is 19.1 Å². The van der Waals surface area contributed by atoms with Crippen molar-refractivity contribution in [3.8, 4) is 0 Å². The van der Waals surface area contributed by atoms with Crippen molar-refractivity contribution in [2.45, 2.75) is 77.7 Å². The molecule has 0 saturated heterocycles. The summed E-state index contributed by atoms with van der Waals surface area (Å²) in [6.45, 7) is 10.7. The van der Waals surface area contributed by atoms with Gasteiger partial charge in [-0.1, -0.05) is 0 Å². The third kappa shape index (κ3) is 7.66. The van der Waals surface area contributed by atoms with Crippen LogP contribution in [0, 0.1) is 11.8 Å². The average Bonchev–Trinajstić information content (AvgIpc) is 2.51. The molecule has 0 bridgehead atoms. The molecule has 3 N–H and O–H groups in total. The maximum Gasteiger partial charge on any atom is 0.310 e. The molecule has 0 heterocycles. The molecule has 1 saturated carbocycles. The monoisotopic (exact) mass is 403 g/mol. The van der Waals surface area contributed by atoms with Gasteiger partial charge in [0.25, 0.3) is 0 Å². The van der Waals surface area contributed by atoms with Crippen LogP contribution in [0.1, 0.15) is 54.4 Å². The molecule has 0 radical (unpaired) electrons. The van der Waals surface area contributed by atoms with Crippen molar-refractivity contribution in [2.75, 3.05) is 26.3 Å². The van der Waals surface area contributed by atoms with E-state index in [1.54, 1.807) is 46.4 Å². The molecule has 8 nitrogen and oxygen atoms in total. The predicted molar refractivity (Wildman–Crippen MR) is 103 cm³/mol. The maximum absolute atomic E-state index is 12.9. The minimum Gasteiger partial charge on any atom is -0.460 e. The van der Waals surface area contributed by atoms with E-state index >= 15 is 0 Å². The minimum absolute atomic E-state index is 0.0524. The van der Waals surface area contributed by atoms with Crippen LogP contribution in [0.5, 0.6) is 0 Å². The summed E-state index contributed by atoms with van der Waals surface area (Å²) < 4.78 is 11.0. The highest BCUT2D eigenvalue weighted by atomic mass is 16.6. The number of hydrogen-bond donors (Lipinski definition) is 3. The van der Waals surface area contributed by atoms with Crippen molar-refractivity contribution in [3.63, 3.8) is 0 Å². The van der Waals surface area contributed by atoms with Gasteiger partial charge in [-0.15, -0.1) is 0 Å². The Morgan fingerprint density at radius 2 is 1.25 bits per heavy atom. The van der Waals surface area contributed by atoms with Crippen LogP contribution in [0.3, 0.4) is 0 Å². The highest BCUT2D eigenvalue weighted by Crippen LogP contribution is 2.36. The molecule has 164 valence electrons. The van der Waals surface area contributed by atoms with E-state index in [-0.39, 0.29) is 39.1 Å². The Morgan fingerprint density at radius 1 is 0.857 bits per heavy atom. The van der Waals surface area contributed by atoms with E-state index in [1.165, 1.54) is 0 Å². The molecule has 0 spiro atoms. The lowest BCUT2D eigenvalue weighted by molar-refractivity contribution is -0.180. The third-order valence-corrected chi connectivity index (χ3v) is 4.58. The van der Waals surface area contributed by atoms with Crippen LogP contribution in [0.25, 0.3) is 0 Å². The molecule has 8 heteroatoms. The second-order valence-corrected chi connectivity index (χ2v) is 9.37. The van der Waals surface area contributed by atoms with Crippen LogP contribution in [-0.4, -0.2) is 81.8 Å². The predicted octanol–water partition coefficient (Wildman–Crippen LogP) is 0.712. The minimum atomic E-state index is -0.894. The van der Waals surface area contributed by atoms with Gasteiger partial charge in [-0.25, -0.2) is 0 Å². The molecule has 0 aromatic carbocycles. The van der Waals surface area contributed by atoms with E-state index in [4.69, 9.17) is 9.47 Å². The lowest BCUT2D eigenvalue weighted by Gasteiger charge is -2.43. The number of rotatable bonds is 7. The van der Waals surface area contributed by atoms with Gasteiger partial charge in [0.2, 0.25) is 0 Å². The first-order valence-electron chi connectivity index (χ1n) is 9.88. The first kappa shape index (κ1) is 24.8. The molecule has 0 aromatic heterocycles. The first-order chi connectivity index (χ1) is 12.8. The number of carbonyl (C=O) groups is 2. The second kappa shape index (κ2) is 10.0. The number of hydrogen-bond acceptors (Lipinski definition) is 8. The molecular formula is C20H37NO7. The lowest BCUT2D eigenvalue weighted by atomic mass is 9.74.